The van der Waals surface area contributed by atoms with Gasteiger partial charge in [-0.3, -0.25) is 4.79 Å². The Hall–Kier alpha value is -2.78. The van der Waals surface area contributed by atoms with Gasteiger partial charge in [0.25, 0.3) is 0 Å². The van der Waals surface area contributed by atoms with E-state index in [1.165, 1.54) is 17.4 Å². The van der Waals surface area contributed by atoms with Crippen LogP contribution in [0.1, 0.15) is 17.3 Å². The number of nitrogens with zero attached hydrogens (tertiary/aromatic N) is 2. The number of hydrogen-bond acceptors (Lipinski definition) is 6. The van der Waals surface area contributed by atoms with Crippen molar-refractivity contribution in [2.45, 2.75) is 12.5 Å². The summed E-state index contributed by atoms with van der Waals surface area (Å²) in [6.45, 7) is 0. The zero-order valence-electron chi connectivity index (χ0n) is 13.8. The average molecular weight is 448 g/mol. The van der Waals surface area contributed by atoms with E-state index < -0.39 is 17.9 Å². The van der Waals surface area contributed by atoms with Gasteiger partial charge < -0.3 is 15.5 Å². The molecule has 9 heteroatoms. The highest BCUT2D eigenvalue weighted by Crippen LogP contribution is 2.31. The molecule has 0 saturated heterocycles. The lowest BCUT2D eigenvalue weighted by molar-refractivity contribution is -0.142. The predicted molar refractivity (Wildman–Crippen MR) is 103 cm³/mol. The number of aromatic nitrogens is 2. The summed E-state index contributed by atoms with van der Waals surface area (Å²) < 4.78 is 0.639. The first-order valence-electron chi connectivity index (χ1n) is 7.80. The van der Waals surface area contributed by atoms with Crippen molar-refractivity contribution in [2.75, 3.05) is 0 Å². The normalized spacial score (nSPS) is 11.7. The second-order valence-corrected chi connectivity index (χ2v) is 7.37. The number of amides is 1. The number of pyridine rings is 1. The zero-order valence-corrected chi connectivity index (χ0v) is 16.2. The van der Waals surface area contributed by atoms with E-state index in [4.69, 9.17) is 0 Å². The number of carboxylic acids is 1. The fourth-order valence-electron chi connectivity index (χ4n) is 2.40. The molecular weight excluding hydrogens is 434 g/mol. The third-order valence-electron chi connectivity index (χ3n) is 3.62. The molecule has 3 aromatic rings. The van der Waals surface area contributed by atoms with Crippen molar-refractivity contribution in [3.8, 4) is 16.5 Å². The summed E-state index contributed by atoms with van der Waals surface area (Å²) in [6.07, 6.45) is 1.46. The molecule has 2 heterocycles. The Morgan fingerprint density at radius 1 is 1.26 bits per heavy atom. The van der Waals surface area contributed by atoms with Crippen LogP contribution in [-0.4, -0.2) is 32.1 Å². The topological polar surface area (TPSA) is 112 Å². The quantitative estimate of drug-likeness (QED) is 0.534. The van der Waals surface area contributed by atoms with Crippen LogP contribution < -0.4 is 5.32 Å². The number of rotatable bonds is 6. The van der Waals surface area contributed by atoms with Gasteiger partial charge in [-0.15, -0.1) is 11.3 Å². The molecule has 3 N–H and O–H groups in total. The Morgan fingerprint density at radius 2 is 2.00 bits per heavy atom. The van der Waals surface area contributed by atoms with Crippen molar-refractivity contribution in [1.82, 2.24) is 15.3 Å². The second kappa shape index (κ2) is 8.28. The van der Waals surface area contributed by atoms with Gasteiger partial charge in [-0.05, 0) is 27.6 Å². The Balaban J connectivity index is 1.71. The largest absolute Gasteiger partial charge is 0.506 e. The Kier molecular flexibility index (Phi) is 5.82. The molecule has 0 aliphatic rings. The highest BCUT2D eigenvalue weighted by atomic mass is 79.9. The fourth-order valence-corrected chi connectivity index (χ4v) is 3.54. The number of carboxylic acid groups (broad SMARTS) is 1. The summed E-state index contributed by atoms with van der Waals surface area (Å²) in [5, 5.41) is 24.0. The van der Waals surface area contributed by atoms with Crippen LogP contribution in [0.2, 0.25) is 0 Å². The number of carbonyl (C=O) groups is 2. The van der Waals surface area contributed by atoms with Crippen molar-refractivity contribution < 1.29 is 19.8 Å². The lowest BCUT2D eigenvalue weighted by atomic mass is 10.1. The lowest BCUT2D eigenvalue weighted by Crippen LogP contribution is -2.34. The second-order valence-electron chi connectivity index (χ2n) is 5.59. The Morgan fingerprint density at radius 3 is 2.67 bits per heavy atom. The molecule has 0 bridgehead atoms. The number of aliphatic carboxylic acids is 1. The van der Waals surface area contributed by atoms with E-state index in [0.29, 0.717) is 26.4 Å². The average Bonchev–Trinajstić information content (AvgIpc) is 3.08. The first-order valence-corrected chi connectivity index (χ1v) is 9.47. The molecule has 0 spiro atoms. The molecule has 0 aliphatic heterocycles. The van der Waals surface area contributed by atoms with Crippen LogP contribution in [0.5, 0.6) is 5.75 Å². The zero-order chi connectivity index (χ0) is 19.4. The van der Waals surface area contributed by atoms with Crippen molar-refractivity contribution in [2.24, 2.45) is 0 Å². The maximum absolute atomic E-state index is 12.3. The molecule has 0 radical (unpaired) electrons. The van der Waals surface area contributed by atoms with Gasteiger partial charge in [0.2, 0.25) is 5.91 Å². The van der Waals surface area contributed by atoms with E-state index in [2.05, 4.69) is 31.2 Å². The van der Waals surface area contributed by atoms with E-state index in [9.17, 15) is 19.8 Å². The highest BCUT2D eigenvalue weighted by molar-refractivity contribution is 9.10. The predicted octanol–water partition coefficient (Wildman–Crippen LogP) is 3.16. The van der Waals surface area contributed by atoms with E-state index in [0.717, 1.165) is 0 Å². The molecule has 27 heavy (non-hydrogen) atoms. The maximum atomic E-state index is 12.3. The number of carbonyl (C=O) groups excluding carboxylic acids is 1. The number of benzene rings is 1. The van der Waals surface area contributed by atoms with Crippen LogP contribution in [0.25, 0.3) is 10.7 Å². The minimum absolute atomic E-state index is 0.0234. The number of thiazole rings is 1. The monoisotopic (exact) mass is 447 g/mol. The molecule has 138 valence electrons. The Bertz CT molecular complexity index is 978. The number of nitrogens with one attached hydrogen (secondary N) is 1. The van der Waals surface area contributed by atoms with Crippen LogP contribution in [-0.2, 0) is 16.0 Å². The van der Waals surface area contributed by atoms with Gasteiger partial charge >= 0.3 is 5.97 Å². The van der Waals surface area contributed by atoms with Gasteiger partial charge in [0.15, 0.2) is 6.04 Å². The van der Waals surface area contributed by atoms with E-state index in [1.54, 1.807) is 41.9 Å². The molecular formula is C18H14BrN3O4S. The van der Waals surface area contributed by atoms with Gasteiger partial charge in [0.1, 0.15) is 16.5 Å². The summed E-state index contributed by atoms with van der Waals surface area (Å²) in [7, 11) is 0. The number of halogens is 1. The number of hydrogen-bond donors (Lipinski definition) is 3. The SMILES string of the molecule is O=C(Cc1csc(-c2ncc(Br)cc2O)n1)N[C@@H](C(=O)O)c1ccccc1. The highest BCUT2D eigenvalue weighted by Gasteiger charge is 2.22. The van der Waals surface area contributed by atoms with Crippen molar-refractivity contribution in [1.29, 1.82) is 0 Å². The van der Waals surface area contributed by atoms with Crippen LogP contribution in [0.3, 0.4) is 0 Å². The molecule has 0 unspecified atom stereocenters. The minimum atomic E-state index is -1.14. The van der Waals surface area contributed by atoms with Crippen molar-refractivity contribution >= 4 is 39.1 Å². The lowest BCUT2D eigenvalue weighted by Gasteiger charge is -2.14. The molecule has 3 rings (SSSR count). The van der Waals surface area contributed by atoms with E-state index >= 15 is 0 Å². The smallest absolute Gasteiger partial charge is 0.330 e. The van der Waals surface area contributed by atoms with Gasteiger partial charge in [0, 0.05) is 16.0 Å². The molecule has 0 saturated carbocycles. The molecule has 0 fully saturated rings. The molecule has 0 aliphatic carbocycles. The van der Waals surface area contributed by atoms with Crippen molar-refractivity contribution in [3.05, 3.63) is 63.7 Å². The fraction of sp³-hybridized carbons (Fsp3) is 0.111. The van der Waals surface area contributed by atoms with Crippen LogP contribution in [0.4, 0.5) is 0 Å². The van der Waals surface area contributed by atoms with Gasteiger partial charge in [-0.2, -0.15) is 0 Å². The standard InChI is InChI=1S/C18H14BrN3O4S/c19-11-6-13(23)16(20-8-11)17-21-12(9-27-17)7-14(24)22-15(18(25)26)10-4-2-1-3-5-10/h1-6,8-9,15,23H,7H2,(H,22,24)(H,25,26)/t15-/m1/s1. The van der Waals surface area contributed by atoms with Gasteiger partial charge in [-0.25, -0.2) is 14.8 Å². The van der Waals surface area contributed by atoms with Crippen molar-refractivity contribution in [3.63, 3.8) is 0 Å². The van der Waals surface area contributed by atoms with E-state index in [1.807, 2.05) is 0 Å². The van der Waals surface area contributed by atoms with Gasteiger partial charge in [0.05, 0.1) is 12.1 Å². The van der Waals surface area contributed by atoms with Crippen LogP contribution >= 0.6 is 27.3 Å². The summed E-state index contributed by atoms with van der Waals surface area (Å²) in [5.41, 5.74) is 1.28. The summed E-state index contributed by atoms with van der Waals surface area (Å²) >= 11 is 4.46. The van der Waals surface area contributed by atoms with Crippen LogP contribution in [0.15, 0.2) is 52.4 Å². The molecule has 7 nitrogen and oxygen atoms in total. The molecule has 1 amide bonds. The van der Waals surface area contributed by atoms with Gasteiger partial charge in [-0.1, -0.05) is 30.3 Å². The maximum Gasteiger partial charge on any atom is 0.330 e. The first-order chi connectivity index (χ1) is 12.9. The summed E-state index contributed by atoms with van der Waals surface area (Å²) in [4.78, 5) is 32.2. The van der Waals surface area contributed by atoms with Crippen LogP contribution in [0, 0.1) is 0 Å². The minimum Gasteiger partial charge on any atom is -0.506 e. The molecule has 1 atom stereocenters. The molecule has 1 aromatic carbocycles. The third-order valence-corrected chi connectivity index (χ3v) is 4.95. The number of aromatic hydroxyl groups is 1. The summed E-state index contributed by atoms with van der Waals surface area (Å²) in [5.74, 6) is -1.63. The molecule has 2 aromatic heterocycles. The first kappa shape index (κ1) is 19.0. The van der Waals surface area contributed by atoms with E-state index in [-0.39, 0.29) is 12.2 Å². The third kappa shape index (κ3) is 4.69. The summed E-state index contributed by atoms with van der Waals surface area (Å²) in [6, 6.07) is 8.85. The Labute approximate surface area is 166 Å².